The first-order valence-corrected chi connectivity index (χ1v) is 7.84. The Kier molecular flexibility index (Phi) is 4.42. The Hall–Kier alpha value is -2.30. The van der Waals surface area contributed by atoms with E-state index in [4.69, 9.17) is 0 Å². The fourth-order valence-corrected chi connectivity index (χ4v) is 2.89. The zero-order valence-corrected chi connectivity index (χ0v) is 12.5. The molecule has 2 heterocycles. The second-order valence-corrected chi connectivity index (χ2v) is 5.84. The molecule has 0 bridgehead atoms. The minimum atomic E-state index is -0.506. The topological polar surface area (TPSA) is 61.4 Å². The fraction of sp³-hybridized carbons (Fsp3) is 0.412. The van der Waals surface area contributed by atoms with Gasteiger partial charge in [0.1, 0.15) is 11.7 Å². The van der Waals surface area contributed by atoms with Gasteiger partial charge in [-0.25, -0.2) is 0 Å². The van der Waals surface area contributed by atoms with Crippen LogP contribution in [0.3, 0.4) is 0 Å². The Morgan fingerprint density at radius 1 is 1.09 bits per heavy atom. The highest BCUT2D eigenvalue weighted by atomic mass is 16.2. The average molecular weight is 299 g/mol. The molecule has 2 N–H and O–H groups in total. The van der Waals surface area contributed by atoms with Crippen molar-refractivity contribution in [1.82, 2.24) is 15.5 Å². The van der Waals surface area contributed by atoms with E-state index in [1.165, 1.54) is 6.42 Å². The van der Waals surface area contributed by atoms with Crippen molar-refractivity contribution < 1.29 is 9.59 Å². The number of piperidine rings is 1. The summed E-state index contributed by atoms with van der Waals surface area (Å²) in [7, 11) is 0. The molecule has 22 heavy (non-hydrogen) atoms. The summed E-state index contributed by atoms with van der Waals surface area (Å²) in [6.07, 6.45) is 5.80. The second-order valence-electron chi connectivity index (χ2n) is 5.84. The number of benzene rings is 1. The SMILES string of the molecule is O=C1N[C@@H](Cc2ccccc2)C(=O)N/C1=C/N1CCCCC1. The molecule has 2 aliphatic rings. The van der Waals surface area contributed by atoms with E-state index in [2.05, 4.69) is 15.5 Å². The van der Waals surface area contributed by atoms with Crippen molar-refractivity contribution in [3.63, 3.8) is 0 Å². The molecule has 2 fully saturated rings. The number of nitrogens with zero attached hydrogens (tertiary/aromatic N) is 1. The molecule has 1 aromatic carbocycles. The van der Waals surface area contributed by atoms with Gasteiger partial charge < -0.3 is 15.5 Å². The first kappa shape index (κ1) is 14.6. The zero-order valence-electron chi connectivity index (χ0n) is 12.5. The third kappa shape index (κ3) is 3.47. The minimum Gasteiger partial charge on any atom is -0.376 e. The molecule has 0 unspecified atom stereocenters. The van der Waals surface area contributed by atoms with Crippen LogP contribution in [0.5, 0.6) is 0 Å². The summed E-state index contributed by atoms with van der Waals surface area (Å²) in [5.74, 6) is -0.349. The van der Waals surface area contributed by atoms with Crippen molar-refractivity contribution in [3.05, 3.63) is 47.8 Å². The molecule has 5 heteroatoms. The third-order valence-electron chi connectivity index (χ3n) is 4.11. The lowest BCUT2D eigenvalue weighted by Crippen LogP contribution is -2.56. The number of carbonyl (C=O) groups is 2. The highest BCUT2D eigenvalue weighted by Crippen LogP contribution is 2.12. The van der Waals surface area contributed by atoms with Crippen LogP contribution in [0.15, 0.2) is 42.2 Å². The molecule has 2 aliphatic heterocycles. The molecule has 0 spiro atoms. The van der Waals surface area contributed by atoms with Crippen LogP contribution in [0, 0.1) is 0 Å². The van der Waals surface area contributed by atoms with Crippen LogP contribution in [0.4, 0.5) is 0 Å². The van der Waals surface area contributed by atoms with Gasteiger partial charge in [0.15, 0.2) is 0 Å². The quantitative estimate of drug-likeness (QED) is 0.824. The normalized spacial score (nSPS) is 24.1. The number of carbonyl (C=O) groups excluding carboxylic acids is 2. The summed E-state index contributed by atoms with van der Waals surface area (Å²) in [5.41, 5.74) is 1.39. The Morgan fingerprint density at radius 3 is 2.55 bits per heavy atom. The molecule has 0 aromatic heterocycles. The first-order valence-electron chi connectivity index (χ1n) is 7.84. The lowest BCUT2D eigenvalue weighted by atomic mass is 10.0. The van der Waals surface area contributed by atoms with Crippen molar-refractivity contribution in [2.24, 2.45) is 0 Å². The molecular formula is C17H21N3O2. The van der Waals surface area contributed by atoms with E-state index in [9.17, 15) is 9.59 Å². The maximum Gasteiger partial charge on any atom is 0.269 e. The van der Waals surface area contributed by atoms with Crippen LogP contribution >= 0.6 is 0 Å². The van der Waals surface area contributed by atoms with E-state index < -0.39 is 6.04 Å². The molecule has 2 amide bonds. The third-order valence-corrected chi connectivity index (χ3v) is 4.11. The largest absolute Gasteiger partial charge is 0.376 e. The van der Waals surface area contributed by atoms with Crippen molar-refractivity contribution in [2.75, 3.05) is 13.1 Å². The van der Waals surface area contributed by atoms with Crippen molar-refractivity contribution in [2.45, 2.75) is 31.7 Å². The molecule has 0 radical (unpaired) electrons. The maximum absolute atomic E-state index is 12.2. The van der Waals surface area contributed by atoms with Crippen molar-refractivity contribution in [1.29, 1.82) is 0 Å². The monoisotopic (exact) mass is 299 g/mol. The summed E-state index contributed by atoms with van der Waals surface area (Å²) in [4.78, 5) is 26.5. The van der Waals surface area contributed by atoms with Gasteiger partial charge in [0.25, 0.3) is 5.91 Å². The van der Waals surface area contributed by atoms with Crippen LogP contribution in [-0.4, -0.2) is 35.8 Å². The van der Waals surface area contributed by atoms with Crippen LogP contribution in [0.1, 0.15) is 24.8 Å². The predicted molar refractivity (Wildman–Crippen MR) is 83.7 cm³/mol. The predicted octanol–water partition coefficient (Wildman–Crippen LogP) is 1.17. The second kappa shape index (κ2) is 6.64. The van der Waals surface area contributed by atoms with E-state index in [1.54, 1.807) is 6.20 Å². The summed E-state index contributed by atoms with van der Waals surface area (Å²) in [6, 6.07) is 9.20. The number of nitrogens with one attached hydrogen (secondary N) is 2. The number of hydrogen-bond donors (Lipinski definition) is 2. The van der Waals surface area contributed by atoms with Crippen LogP contribution in [0.2, 0.25) is 0 Å². The number of likely N-dealkylation sites (tertiary alicyclic amines) is 1. The lowest BCUT2D eigenvalue weighted by Gasteiger charge is -2.29. The van der Waals surface area contributed by atoms with Gasteiger partial charge in [0.05, 0.1) is 0 Å². The highest BCUT2D eigenvalue weighted by Gasteiger charge is 2.30. The van der Waals surface area contributed by atoms with Gasteiger partial charge in [-0.15, -0.1) is 0 Å². The minimum absolute atomic E-state index is 0.147. The molecule has 5 nitrogen and oxygen atoms in total. The number of rotatable bonds is 3. The van der Waals surface area contributed by atoms with E-state index in [0.29, 0.717) is 12.1 Å². The molecule has 0 aliphatic carbocycles. The standard InChI is InChI=1S/C17H21N3O2/c21-16-14(11-13-7-3-1-4-8-13)18-17(22)15(19-16)12-20-9-5-2-6-10-20/h1,3-4,7-8,12,14H,2,5-6,9-11H2,(H,18,22)(H,19,21)/b15-12+/t14-/m0/s1. The van der Waals surface area contributed by atoms with E-state index in [0.717, 1.165) is 31.5 Å². The molecule has 1 aromatic rings. The zero-order chi connectivity index (χ0) is 15.4. The van der Waals surface area contributed by atoms with Gasteiger partial charge in [-0.2, -0.15) is 0 Å². The number of piperazine rings is 1. The van der Waals surface area contributed by atoms with Gasteiger partial charge in [-0.05, 0) is 24.8 Å². The molecule has 2 saturated heterocycles. The number of hydrogen-bond acceptors (Lipinski definition) is 3. The van der Waals surface area contributed by atoms with Crippen LogP contribution in [-0.2, 0) is 16.0 Å². The molecule has 1 atom stereocenters. The van der Waals surface area contributed by atoms with E-state index >= 15 is 0 Å². The summed E-state index contributed by atoms with van der Waals surface area (Å²) < 4.78 is 0. The molecular weight excluding hydrogens is 278 g/mol. The fourth-order valence-electron chi connectivity index (χ4n) is 2.89. The van der Waals surface area contributed by atoms with E-state index in [-0.39, 0.29) is 11.8 Å². The van der Waals surface area contributed by atoms with Gasteiger partial charge >= 0.3 is 0 Å². The van der Waals surface area contributed by atoms with Crippen LogP contribution in [0.25, 0.3) is 0 Å². The molecule has 116 valence electrons. The molecule has 0 saturated carbocycles. The highest BCUT2D eigenvalue weighted by molar-refractivity contribution is 6.04. The Morgan fingerprint density at radius 2 is 1.82 bits per heavy atom. The summed E-state index contributed by atoms with van der Waals surface area (Å²) >= 11 is 0. The van der Waals surface area contributed by atoms with Crippen molar-refractivity contribution in [3.8, 4) is 0 Å². The Balaban J connectivity index is 1.65. The van der Waals surface area contributed by atoms with Gasteiger partial charge in [0, 0.05) is 25.7 Å². The van der Waals surface area contributed by atoms with Gasteiger partial charge in [0.2, 0.25) is 5.91 Å². The molecule has 3 rings (SSSR count). The maximum atomic E-state index is 12.2. The van der Waals surface area contributed by atoms with Gasteiger partial charge in [-0.3, -0.25) is 9.59 Å². The van der Waals surface area contributed by atoms with Gasteiger partial charge in [-0.1, -0.05) is 30.3 Å². The van der Waals surface area contributed by atoms with Crippen LogP contribution < -0.4 is 10.6 Å². The average Bonchev–Trinajstić information content (AvgIpc) is 2.54. The van der Waals surface area contributed by atoms with Crippen molar-refractivity contribution >= 4 is 11.8 Å². The summed E-state index contributed by atoms with van der Waals surface area (Å²) in [5, 5.41) is 5.56. The smallest absolute Gasteiger partial charge is 0.269 e. The Bertz CT molecular complexity index is 577. The summed E-state index contributed by atoms with van der Waals surface area (Å²) in [6.45, 7) is 1.89. The number of amides is 2. The van der Waals surface area contributed by atoms with E-state index in [1.807, 2.05) is 30.3 Å². The lowest BCUT2D eigenvalue weighted by molar-refractivity contribution is -0.131. The Labute approximate surface area is 130 Å². The first-order chi connectivity index (χ1) is 10.7.